The molecule has 0 amide bonds. The van der Waals surface area contributed by atoms with E-state index in [1.165, 1.54) is 22.8 Å². The van der Waals surface area contributed by atoms with Gasteiger partial charge in [0.15, 0.2) is 5.65 Å². The van der Waals surface area contributed by atoms with Gasteiger partial charge in [0.25, 0.3) is 15.6 Å². The molecular weight excluding hydrogens is 602 g/mol. The van der Waals surface area contributed by atoms with E-state index in [9.17, 15) is 35.6 Å². The van der Waals surface area contributed by atoms with Crippen molar-refractivity contribution in [3.63, 3.8) is 0 Å². The van der Waals surface area contributed by atoms with E-state index in [2.05, 4.69) is 19.7 Å². The second-order valence-electron chi connectivity index (χ2n) is 10.2. The van der Waals surface area contributed by atoms with Crippen molar-refractivity contribution in [1.29, 1.82) is 0 Å². The molecule has 9 nitrogen and oxygen atoms in total. The number of unbranched alkanes of at least 4 members (excludes halogenated alkanes) is 1. The lowest BCUT2D eigenvalue weighted by atomic mass is 9.91. The maximum atomic E-state index is 14.7. The molecule has 0 aliphatic carbocycles. The molecule has 0 aliphatic heterocycles. The molecule has 0 spiro atoms. The zero-order valence-electron chi connectivity index (χ0n) is 23.3. The molecule has 0 saturated heterocycles. The van der Waals surface area contributed by atoms with Crippen LogP contribution in [0.25, 0.3) is 11.2 Å². The number of nitrogens with zero attached hydrogens (tertiary/aromatic N) is 2. The monoisotopic (exact) mass is 629 g/mol. The number of sulfonamides is 1. The summed E-state index contributed by atoms with van der Waals surface area (Å²) in [4.78, 5) is 34.5. The average Bonchev–Trinajstić information content (AvgIpc) is 3.42. The quantitative estimate of drug-likeness (QED) is 0.175. The van der Waals surface area contributed by atoms with Crippen LogP contribution in [-0.2, 0) is 29.2 Å². The second-order valence-corrected chi connectivity index (χ2v) is 11.9. The van der Waals surface area contributed by atoms with Crippen LogP contribution in [0.5, 0.6) is 0 Å². The Morgan fingerprint density at radius 2 is 1.70 bits per heavy atom. The molecule has 0 radical (unpaired) electrons. The van der Waals surface area contributed by atoms with Crippen LogP contribution in [0.15, 0.2) is 87.3 Å². The van der Waals surface area contributed by atoms with E-state index in [-0.39, 0.29) is 29.1 Å². The van der Waals surface area contributed by atoms with Crippen LogP contribution in [-0.4, -0.2) is 27.9 Å². The number of imidazole rings is 1. The van der Waals surface area contributed by atoms with Crippen LogP contribution in [0.2, 0.25) is 0 Å². The highest BCUT2D eigenvalue weighted by Crippen LogP contribution is 2.32. The van der Waals surface area contributed by atoms with Gasteiger partial charge in [0, 0.05) is 18.2 Å². The molecule has 0 aliphatic rings. The normalized spacial score (nSPS) is 12.8. The Bertz CT molecular complexity index is 2030. The van der Waals surface area contributed by atoms with E-state index in [0.717, 1.165) is 24.6 Å². The first kappa shape index (κ1) is 30.7. The molecule has 44 heavy (non-hydrogen) atoms. The molecule has 1 unspecified atom stereocenters. The smallest absolute Gasteiger partial charge is 0.336 e. The maximum Gasteiger partial charge on any atom is 0.416 e. The summed E-state index contributed by atoms with van der Waals surface area (Å²) in [6.45, 7) is 2.28. The fraction of sp³-hybridized carbons (Fsp3) is 0.233. The van der Waals surface area contributed by atoms with Crippen molar-refractivity contribution in [2.24, 2.45) is 0 Å². The predicted molar refractivity (Wildman–Crippen MR) is 157 cm³/mol. The van der Waals surface area contributed by atoms with Crippen LogP contribution < -0.4 is 16.0 Å². The van der Waals surface area contributed by atoms with Crippen molar-refractivity contribution in [3.05, 3.63) is 122 Å². The van der Waals surface area contributed by atoms with Crippen molar-refractivity contribution in [3.8, 4) is 0 Å². The fourth-order valence-corrected chi connectivity index (χ4v) is 5.94. The zero-order chi connectivity index (χ0) is 31.6. The lowest BCUT2D eigenvalue weighted by Crippen LogP contribution is -2.30. The minimum Gasteiger partial charge on any atom is -0.336 e. The highest BCUT2D eigenvalue weighted by molar-refractivity contribution is 7.92. The standard InChI is InChI=1S/C30H27F4N5O4S/c1-2-3-15-39-27-25(28(40)37-29(39)41)35-26(36-27)23(16-19-7-4-5-10-24(19)31)18-11-13-21(14-12-18)38-44(42,43)22-9-6-8-20(17-22)30(32,33)34/h4-14,17,23,38H,2-3,15-16H2,1H3,(H,35,36)(H,37,40,41). The Morgan fingerprint density at radius 3 is 2.39 bits per heavy atom. The summed E-state index contributed by atoms with van der Waals surface area (Å²) in [6.07, 6.45) is -3.16. The first-order valence-corrected chi connectivity index (χ1v) is 15.1. The predicted octanol–water partition coefficient (Wildman–Crippen LogP) is 5.55. The summed E-state index contributed by atoms with van der Waals surface area (Å²) in [5.74, 6) is -0.846. The van der Waals surface area contributed by atoms with Gasteiger partial charge in [-0.1, -0.05) is 49.7 Å². The number of anilines is 1. The highest BCUT2D eigenvalue weighted by atomic mass is 32.2. The highest BCUT2D eigenvalue weighted by Gasteiger charge is 2.32. The summed E-state index contributed by atoms with van der Waals surface area (Å²) >= 11 is 0. The van der Waals surface area contributed by atoms with E-state index < -0.39 is 49.6 Å². The Hall–Kier alpha value is -4.72. The van der Waals surface area contributed by atoms with Crippen molar-refractivity contribution >= 4 is 26.9 Å². The van der Waals surface area contributed by atoms with Gasteiger partial charge in [-0.05, 0) is 60.4 Å². The first-order valence-electron chi connectivity index (χ1n) is 13.6. The van der Waals surface area contributed by atoms with E-state index in [4.69, 9.17) is 0 Å². The SMILES string of the molecule is CCCCn1c(=O)[nH]c(=O)c2[nH]c(C(Cc3ccccc3F)c3ccc(NS(=O)(=O)c4cccc(C(F)(F)F)c4)cc3)nc21. The number of benzene rings is 3. The molecule has 5 aromatic rings. The van der Waals surface area contributed by atoms with Gasteiger partial charge in [-0.15, -0.1) is 0 Å². The molecule has 5 rings (SSSR count). The number of hydrogen-bond acceptors (Lipinski definition) is 5. The Labute approximate surface area is 248 Å². The summed E-state index contributed by atoms with van der Waals surface area (Å²) in [6, 6.07) is 15.5. The van der Waals surface area contributed by atoms with Gasteiger partial charge in [-0.25, -0.2) is 22.6 Å². The fourth-order valence-electron chi connectivity index (χ4n) is 4.84. The van der Waals surface area contributed by atoms with Crippen LogP contribution in [0.1, 0.15) is 48.2 Å². The number of hydrogen-bond donors (Lipinski definition) is 3. The molecule has 3 N–H and O–H groups in total. The molecule has 2 aromatic heterocycles. The number of alkyl halides is 3. The lowest BCUT2D eigenvalue weighted by molar-refractivity contribution is -0.137. The van der Waals surface area contributed by atoms with Gasteiger partial charge >= 0.3 is 11.9 Å². The molecule has 0 bridgehead atoms. The Kier molecular flexibility index (Phi) is 8.46. The molecule has 3 aromatic carbocycles. The van der Waals surface area contributed by atoms with Crippen molar-refractivity contribution in [2.75, 3.05) is 4.72 Å². The lowest BCUT2D eigenvalue weighted by Gasteiger charge is -2.17. The molecular formula is C30H27F4N5O4S. The third kappa shape index (κ3) is 6.44. The molecule has 230 valence electrons. The Balaban J connectivity index is 1.52. The maximum absolute atomic E-state index is 14.7. The number of nitrogens with one attached hydrogen (secondary N) is 3. The minimum atomic E-state index is -4.72. The van der Waals surface area contributed by atoms with Crippen LogP contribution in [0.3, 0.4) is 0 Å². The zero-order valence-corrected chi connectivity index (χ0v) is 24.1. The number of aryl methyl sites for hydroxylation is 1. The molecule has 2 heterocycles. The topological polar surface area (TPSA) is 130 Å². The number of rotatable bonds is 10. The van der Waals surface area contributed by atoms with Crippen molar-refractivity contribution in [1.82, 2.24) is 19.5 Å². The number of aromatic amines is 2. The van der Waals surface area contributed by atoms with Crippen molar-refractivity contribution < 1.29 is 26.0 Å². The molecule has 14 heteroatoms. The van der Waals surface area contributed by atoms with Crippen LogP contribution >= 0.6 is 0 Å². The summed E-state index contributed by atoms with van der Waals surface area (Å²) < 4.78 is 83.5. The summed E-state index contributed by atoms with van der Waals surface area (Å²) in [5, 5.41) is 0. The first-order chi connectivity index (χ1) is 20.9. The number of fused-ring (bicyclic) bond motifs is 1. The van der Waals surface area contributed by atoms with Crippen LogP contribution in [0, 0.1) is 5.82 Å². The van der Waals surface area contributed by atoms with Gasteiger partial charge in [0.2, 0.25) is 0 Å². The molecule has 0 saturated carbocycles. The second kappa shape index (κ2) is 12.1. The number of halogens is 4. The molecule has 1 atom stereocenters. The van der Waals surface area contributed by atoms with Crippen LogP contribution in [0.4, 0.5) is 23.2 Å². The summed E-state index contributed by atoms with van der Waals surface area (Å²) in [5.41, 5.74) is -1.12. The number of aromatic nitrogens is 4. The van der Waals surface area contributed by atoms with E-state index in [1.54, 1.807) is 30.3 Å². The molecule has 0 fully saturated rings. The van der Waals surface area contributed by atoms with E-state index in [1.807, 2.05) is 6.92 Å². The average molecular weight is 630 g/mol. The van der Waals surface area contributed by atoms with E-state index >= 15 is 0 Å². The van der Waals surface area contributed by atoms with Gasteiger partial charge in [0.05, 0.1) is 10.5 Å². The van der Waals surface area contributed by atoms with Crippen molar-refractivity contribution in [2.45, 2.75) is 49.7 Å². The van der Waals surface area contributed by atoms with Gasteiger partial charge in [0.1, 0.15) is 17.2 Å². The largest absolute Gasteiger partial charge is 0.416 e. The Morgan fingerprint density at radius 1 is 0.977 bits per heavy atom. The van der Waals surface area contributed by atoms with Gasteiger partial charge in [-0.3, -0.25) is 19.1 Å². The minimum absolute atomic E-state index is 0.0743. The van der Waals surface area contributed by atoms with Gasteiger partial charge in [-0.2, -0.15) is 13.2 Å². The van der Waals surface area contributed by atoms with Gasteiger partial charge < -0.3 is 4.98 Å². The summed E-state index contributed by atoms with van der Waals surface area (Å²) in [7, 11) is -4.36. The third-order valence-electron chi connectivity index (χ3n) is 7.14. The number of H-pyrrole nitrogens is 2. The van der Waals surface area contributed by atoms with E-state index in [0.29, 0.717) is 30.2 Å². The third-order valence-corrected chi connectivity index (χ3v) is 8.51.